The molecule has 0 bridgehead atoms. The zero-order chi connectivity index (χ0) is 12.0. The second-order valence-electron chi connectivity index (χ2n) is 3.79. The Labute approximate surface area is 94.1 Å². The number of alkyl halides is 2. The summed E-state index contributed by atoms with van der Waals surface area (Å²) in [7, 11) is 0. The van der Waals surface area contributed by atoms with Gasteiger partial charge in [0.1, 0.15) is 6.10 Å². The van der Waals surface area contributed by atoms with Gasteiger partial charge < -0.3 is 15.0 Å². The molecule has 0 saturated heterocycles. The molecule has 92 valence electrons. The molecule has 1 unspecified atom stereocenters. The first-order chi connectivity index (χ1) is 7.63. The number of aliphatic hydroxyl groups excluding tert-OH is 1. The Morgan fingerprint density at radius 3 is 2.88 bits per heavy atom. The first-order valence-corrected chi connectivity index (χ1v) is 5.45. The van der Waals surface area contributed by atoms with Gasteiger partial charge in [-0.15, -0.1) is 0 Å². The van der Waals surface area contributed by atoms with Crippen molar-refractivity contribution in [2.75, 3.05) is 6.54 Å². The van der Waals surface area contributed by atoms with E-state index in [1.165, 1.54) is 0 Å². The standard InChI is InChI=1S/C11H18F2N2O/c1-2-4-15-5-3-9(8-15)6-14-7-10(16)11(12)13/h3,5,8,10-11,14,16H,2,4,6-7H2,1H3. The minimum Gasteiger partial charge on any atom is -0.386 e. The van der Waals surface area contributed by atoms with E-state index >= 15 is 0 Å². The van der Waals surface area contributed by atoms with Crippen LogP contribution >= 0.6 is 0 Å². The Kier molecular flexibility index (Phi) is 5.42. The van der Waals surface area contributed by atoms with E-state index in [1.807, 2.05) is 18.5 Å². The average molecular weight is 232 g/mol. The molecule has 0 radical (unpaired) electrons. The summed E-state index contributed by atoms with van der Waals surface area (Å²) < 4.78 is 26.0. The number of hydrogen-bond donors (Lipinski definition) is 2. The summed E-state index contributed by atoms with van der Waals surface area (Å²) in [6, 6.07) is 1.94. The summed E-state index contributed by atoms with van der Waals surface area (Å²) in [6.45, 7) is 3.47. The SMILES string of the molecule is CCCn1ccc(CNCC(O)C(F)F)c1. The van der Waals surface area contributed by atoms with Crippen molar-refractivity contribution >= 4 is 0 Å². The van der Waals surface area contributed by atoms with Crippen LogP contribution < -0.4 is 5.32 Å². The molecular formula is C11H18F2N2O. The molecule has 0 amide bonds. The van der Waals surface area contributed by atoms with Crippen LogP contribution in [0.4, 0.5) is 8.78 Å². The number of aryl methyl sites for hydroxylation is 1. The number of aromatic nitrogens is 1. The molecule has 0 aliphatic rings. The van der Waals surface area contributed by atoms with E-state index in [2.05, 4.69) is 16.8 Å². The van der Waals surface area contributed by atoms with Crippen molar-refractivity contribution in [3.05, 3.63) is 24.0 Å². The summed E-state index contributed by atoms with van der Waals surface area (Å²) in [5.74, 6) is 0. The zero-order valence-electron chi connectivity index (χ0n) is 9.37. The lowest BCUT2D eigenvalue weighted by Crippen LogP contribution is -2.31. The smallest absolute Gasteiger partial charge is 0.265 e. The van der Waals surface area contributed by atoms with E-state index in [1.54, 1.807) is 0 Å². The lowest BCUT2D eigenvalue weighted by atomic mass is 10.3. The Hall–Kier alpha value is -0.940. The van der Waals surface area contributed by atoms with E-state index < -0.39 is 12.5 Å². The van der Waals surface area contributed by atoms with Gasteiger partial charge >= 0.3 is 0 Å². The highest BCUT2D eigenvalue weighted by Crippen LogP contribution is 2.03. The Balaban J connectivity index is 2.26. The van der Waals surface area contributed by atoms with Crippen LogP contribution in [0.5, 0.6) is 0 Å². The molecule has 1 aromatic rings. The molecular weight excluding hydrogens is 214 g/mol. The van der Waals surface area contributed by atoms with Gasteiger partial charge in [0.15, 0.2) is 0 Å². The maximum absolute atomic E-state index is 12.0. The van der Waals surface area contributed by atoms with Crippen molar-refractivity contribution in [3.63, 3.8) is 0 Å². The van der Waals surface area contributed by atoms with Crippen LogP contribution in [-0.2, 0) is 13.1 Å². The predicted octanol–water partition coefficient (Wildman–Crippen LogP) is 1.61. The average Bonchev–Trinajstić information content (AvgIpc) is 2.66. The van der Waals surface area contributed by atoms with Crippen LogP contribution in [0.1, 0.15) is 18.9 Å². The van der Waals surface area contributed by atoms with Gasteiger partial charge in [-0.05, 0) is 18.1 Å². The first kappa shape index (κ1) is 13.1. The summed E-state index contributed by atoms with van der Waals surface area (Å²) in [6.07, 6.45) is 0.732. The number of rotatable bonds is 7. The fourth-order valence-electron chi connectivity index (χ4n) is 1.45. The third kappa shape index (κ3) is 4.28. The van der Waals surface area contributed by atoms with E-state index in [9.17, 15) is 8.78 Å². The van der Waals surface area contributed by atoms with Gasteiger partial charge in [0.25, 0.3) is 6.43 Å². The highest BCUT2D eigenvalue weighted by Gasteiger charge is 2.15. The fourth-order valence-corrected chi connectivity index (χ4v) is 1.45. The summed E-state index contributed by atoms with van der Waals surface area (Å²) >= 11 is 0. The summed E-state index contributed by atoms with van der Waals surface area (Å²) in [5.41, 5.74) is 1.04. The van der Waals surface area contributed by atoms with E-state index in [0.29, 0.717) is 6.54 Å². The summed E-state index contributed by atoms with van der Waals surface area (Å²) in [4.78, 5) is 0. The van der Waals surface area contributed by atoms with Crippen LogP contribution in [0.2, 0.25) is 0 Å². The van der Waals surface area contributed by atoms with Crippen LogP contribution in [0.15, 0.2) is 18.5 Å². The molecule has 16 heavy (non-hydrogen) atoms. The van der Waals surface area contributed by atoms with Gasteiger partial charge in [-0.25, -0.2) is 8.78 Å². The van der Waals surface area contributed by atoms with E-state index in [4.69, 9.17) is 5.11 Å². The molecule has 0 fully saturated rings. The highest BCUT2D eigenvalue weighted by molar-refractivity contribution is 5.09. The molecule has 0 saturated carbocycles. The largest absolute Gasteiger partial charge is 0.386 e. The molecule has 1 rings (SSSR count). The molecule has 1 atom stereocenters. The number of halogens is 2. The normalized spacial score (nSPS) is 13.3. The van der Waals surface area contributed by atoms with E-state index in [-0.39, 0.29) is 6.54 Å². The topological polar surface area (TPSA) is 37.2 Å². The number of aliphatic hydroxyl groups is 1. The minimum absolute atomic E-state index is 0.0867. The molecule has 0 aromatic carbocycles. The van der Waals surface area contributed by atoms with Crippen molar-refractivity contribution in [2.45, 2.75) is 39.0 Å². The first-order valence-electron chi connectivity index (χ1n) is 5.45. The minimum atomic E-state index is -2.68. The van der Waals surface area contributed by atoms with Crippen molar-refractivity contribution in [2.24, 2.45) is 0 Å². The van der Waals surface area contributed by atoms with Crippen molar-refractivity contribution in [3.8, 4) is 0 Å². The molecule has 1 aromatic heterocycles. The molecule has 5 heteroatoms. The van der Waals surface area contributed by atoms with Crippen molar-refractivity contribution < 1.29 is 13.9 Å². The lowest BCUT2D eigenvalue weighted by molar-refractivity contribution is -0.00340. The molecule has 1 heterocycles. The van der Waals surface area contributed by atoms with Crippen LogP contribution in [0.25, 0.3) is 0 Å². The molecule has 2 N–H and O–H groups in total. The van der Waals surface area contributed by atoms with Gasteiger partial charge in [0.2, 0.25) is 0 Å². The Morgan fingerprint density at radius 1 is 1.50 bits per heavy atom. The number of hydrogen-bond acceptors (Lipinski definition) is 2. The lowest BCUT2D eigenvalue weighted by Gasteiger charge is -2.09. The number of nitrogens with one attached hydrogen (secondary N) is 1. The molecule has 0 aliphatic heterocycles. The number of nitrogens with zero attached hydrogens (tertiary/aromatic N) is 1. The monoisotopic (exact) mass is 232 g/mol. The van der Waals surface area contributed by atoms with E-state index in [0.717, 1.165) is 18.5 Å². The summed E-state index contributed by atoms with van der Waals surface area (Å²) in [5, 5.41) is 11.7. The molecule has 0 aliphatic carbocycles. The maximum Gasteiger partial charge on any atom is 0.265 e. The van der Waals surface area contributed by atoms with Crippen molar-refractivity contribution in [1.29, 1.82) is 0 Å². The molecule has 3 nitrogen and oxygen atoms in total. The highest BCUT2D eigenvalue weighted by atomic mass is 19.3. The van der Waals surface area contributed by atoms with Gasteiger partial charge in [-0.2, -0.15) is 0 Å². The zero-order valence-corrected chi connectivity index (χ0v) is 9.37. The Bertz CT molecular complexity index is 302. The van der Waals surface area contributed by atoms with Gasteiger partial charge in [-0.3, -0.25) is 0 Å². The maximum atomic E-state index is 12.0. The van der Waals surface area contributed by atoms with Crippen LogP contribution in [0, 0.1) is 0 Å². The third-order valence-electron chi connectivity index (χ3n) is 2.27. The van der Waals surface area contributed by atoms with Crippen LogP contribution in [-0.4, -0.2) is 28.7 Å². The quantitative estimate of drug-likeness (QED) is 0.749. The fraction of sp³-hybridized carbons (Fsp3) is 0.636. The third-order valence-corrected chi connectivity index (χ3v) is 2.27. The predicted molar refractivity (Wildman–Crippen MR) is 58.4 cm³/mol. The van der Waals surface area contributed by atoms with Crippen LogP contribution in [0.3, 0.4) is 0 Å². The van der Waals surface area contributed by atoms with Gasteiger partial charge in [0, 0.05) is 32.0 Å². The van der Waals surface area contributed by atoms with Gasteiger partial charge in [0.05, 0.1) is 0 Å². The molecule has 0 spiro atoms. The second kappa shape index (κ2) is 6.60. The Morgan fingerprint density at radius 2 is 2.25 bits per heavy atom. The second-order valence-corrected chi connectivity index (χ2v) is 3.79. The van der Waals surface area contributed by atoms with Crippen molar-refractivity contribution in [1.82, 2.24) is 9.88 Å². The van der Waals surface area contributed by atoms with Gasteiger partial charge in [-0.1, -0.05) is 6.92 Å².